The van der Waals surface area contributed by atoms with Gasteiger partial charge in [0.2, 0.25) is 0 Å². The number of aliphatic carboxylic acids is 1. The summed E-state index contributed by atoms with van der Waals surface area (Å²) in [4.78, 5) is 24.8. The van der Waals surface area contributed by atoms with Crippen molar-refractivity contribution in [3.8, 4) is 0 Å². The first-order valence-corrected chi connectivity index (χ1v) is 9.16. The van der Waals surface area contributed by atoms with Gasteiger partial charge in [-0.1, -0.05) is 6.07 Å². The molecule has 0 saturated heterocycles. The third-order valence-corrected chi connectivity index (χ3v) is 4.15. The first-order valence-electron chi connectivity index (χ1n) is 9.16. The van der Waals surface area contributed by atoms with Gasteiger partial charge >= 0.3 is 12.1 Å². The number of carboxylic acid groups (broad SMARTS) is 1. The van der Waals surface area contributed by atoms with E-state index in [0.29, 0.717) is 6.04 Å². The Morgan fingerprint density at radius 1 is 1.21 bits per heavy atom. The number of halogens is 3. The number of aromatic nitrogens is 3. The van der Waals surface area contributed by atoms with Crippen LogP contribution in [0, 0.1) is 6.92 Å². The highest BCUT2D eigenvalue weighted by Gasteiger charge is 2.38. The van der Waals surface area contributed by atoms with Gasteiger partial charge in [0, 0.05) is 36.8 Å². The molecule has 0 atom stereocenters. The molecule has 29 heavy (non-hydrogen) atoms. The number of pyridine rings is 1. The smallest absolute Gasteiger partial charge is 0.475 e. The molecule has 7 nitrogen and oxygen atoms in total. The van der Waals surface area contributed by atoms with Crippen molar-refractivity contribution in [1.29, 1.82) is 0 Å². The van der Waals surface area contributed by atoms with E-state index in [9.17, 15) is 13.2 Å². The van der Waals surface area contributed by atoms with E-state index in [-0.39, 0.29) is 0 Å². The normalized spacial score (nSPS) is 13.8. The summed E-state index contributed by atoms with van der Waals surface area (Å²) in [5, 5.41) is 10.6. The summed E-state index contributed by atoms with van der Waals surface area (Å²) in [5.74, 6) is -0.717. The molecule has 10 heteroatoms. The lowest BCUT2D eigenvalue weighted by atomic mass is 10.1. The van der Waals surface area contributed by atoms with E-state index >= 15 is 0 Å². The Hall–Kier alpha value is -2.91. The number of hydrogen-bond acceptors (Lipinski definition) is 6. The van der Waals surface area contributed by atoms with Gasteiger partial charge < -0.3 is 15.3 Å². The first-order chi connectivity index (χ1) is 13.6. The van der Waals surface area contributed by atoms with E-state index in [0.717, 1.165) is 49.0 Å². The van der Waals surface area contributed by atoms with Crippen LogP contribution in [0.25, 0.3) is 0 Å². The van der Waals surface area contributed by atoms with Crippen LogP contribution >= 0.6 is 0 Å². The van der Waals surface area contributed by atoms with Crippen LogP contribution in [0.3, 0.4) is 0 Å². The average Bonchev–Trinajstić information content (AvgIpc) is 2.84. The zero-order valence-corrected chi connectivity index (χ0v) is 16.5. The van der Waals surface area contributed by atoms with E-state index in [1.807, 2.05) is 13.0 Å². The predicted molar refractivity (Wildman–Crippen MR) is 103 cm³/mol. The van der Waals surface area contributed by atoms with Gasteiger partial charge in [-0.15, -0.1) is 0 Å². The Morgan fingerprint density at radius 2 is 1.86 bits per heavy atom. The second-order valence-electron chi connectivity index (χ2n) is 6.87. The van der Waals surface area contributed by atoms with E-state index in [1.54, 1.807) is 6.33 Å². The van der Waals surface area contributed by atoms with Crippen LogP contribution in [0.4, 0.5) is 24.8 Å². The van der Waals surface area contributed by atoms with E-state index in [4.69, 9.17) is 9.90 Å². The van der Waals surface area contributed by atoms with Crippen molar-refractivity contribution in [3.63, 3.8) is 0 Å². The van der Waals surface area contributed by atoms with Gasteiger partial charge in [0.05, 0.1) is 5.69 Å². The van der Waals surface area contributed by atoms with E-state index in [1.165, 1.54) is 5.56 Å². The van der Waals surface area contributed by atoms with Gasteiger partial charge in [0.1, 0.15) is 18.0 Å². The molecule has 1 aliphatic rings. The number of rotatable bonds is 3. The zero-order chi connectivity index (χ0) is 21.6. The molecule has 2 aromatic heterocycles. The number of fused-ring (bicyclic) bond motifs is 1. The van der Waals surface area contributed by atoms with Crippen molar-refractivity contribution < 1.29 is 23.1 Å². The summed E-state index contributed by atoms with van der Waals surface area (Å²) in [5.41, 5.74) is 3.47. The van der Waals surface area contributed by atoms with Gasteiger partial charge in [0.25, 0.3) is 0 Å². The number of aryl methyl sites for hydroxylation is 1. The molecule has 2 aromatic rings. The molecule has 0 fully saturated rings. The molecule has 3 rings (SSSR count). The maximum Gasteiger partial charge on any atom is 0.490 e. The third-order valence-electron chi connectivity index (χ3n) is 4.15. The minimum atomic E-state index is -5.08. The third kappa shape index (κ3) is 6.58. The van der Waals surface area contributed by atoms with Crippen molar-refractivity contribution in [2.75, 3.05) is 23.3 Å². The van der Waals surface area contributed by atoms with Crippen molar-refractivity contribution >= 4 is 17.6 Å². The Labute approximate surface area is 167 Å². The summed E-state index contributed by atoms with van der Waals surface area (Å²) >= 11 is 0. The lowest BCUT2D eigenvalue weighted by molar-refractivity contribution is -0.192. The minimum absolute atomic E-state index is 0.372. The topological polar surface area (TPSA) is 91.2 Å². The molecule has 2 N–H and O–H groups in total. The summed E-state index contributed by atoms with van der Waals surface area (Å²) in [7, 11) is 0. The SMILES string of the molecule is Cc1cccc(N2CCc3ncnc(NC(C)C)c3CC2)n1.O=C(O)C(F)(F)F. The van der Waals surface area contributed by atoms with Crippen LogP contribution in [0.1, 0.15) is 30.8 Å². The van der Waals surface area contributed by atoms with Crippen LogP contribution in [0.15, 0.2) is 24.5 Å². The molecule has 0 radical (unpaired) electrons. The molecule has 158 valence electrons. The fourth-order valence-corrected chi connectivity index (χ4v) is 2.86. The van der Waals surface area contributed by atoms with Gasteiger partial charge in [-0.2, -0.15) is 13.2 Å². The van der Waals surface area contributed by atoms with Crippen molar-refractivity contribution in [2.24, 2.45) is 0 Å². The molecule has 0 spiro atoms. The van der Waals surface area contributed by atoms with Crippen LogP contribution in [-0.2, 0) is 17.6 Å². The number of carbonyl (C=O) groups is 1. The molecule has 0 aromatic carbocycles. The lowest BCUT2D eigenvalue weighted by Gasteiger charge is -2.21. The maximum absolute atomic E-state index is 10.6. The average molecular weight is 411 g/mol. The molecule has 0 amide bonds. The second-order valence-corrected chi connectivity index (χ2v) is 6.87. The van der Waals surface area contributed by atoms with Crippen LogP contribution in [-0.4, -0.2) is 51.3 Å². The molecular formula is C19H24F3N5O2. The van der Waals surface area contributed by atoms with Crippen LogP contribution in [0.2, 0.25) is 0 Å². The molecule has 0 saturated carbocycles. The fourth-order valence-electron chi connectivity index (χ4n) is 2.86. The highest BCUT2D eigenvalue weighted by atomic mass is 19.4. The summed E-state index contributed by atoms with van der Waals surface area (Å²) < 4.78 is 31.7. The standard InChI is InChI=1S/C17H23N5.C2HF3O2/c1-12(2)20-17-14-7-9-22(10-8-15(14)18-11-19-17)16-6-4-5-13(3)21-16;3-2(4,5)1(6)7/h4-6,11-12H,7-10H2,1-3H3,(H,18,19,20);(H,6,7). The number of carboxylic acids is 1. The minimum Gasteiger partial charge on any atom is -0.475 e. The Kier molecular flexibility index (Phi) is 7.35. The Morgan fingerprint density at radius 3 is 2.45 bits per heavy atom. The van der Waals surface area contributed by atoms with Crippen molar-refractivity contribution in [1.82, 2.24) is 15.0 Å². The van der Waals surface area contributed by atoms with Gasteiger partial charge in [-0.05, 0) is 39.3 Å². The predicted octanol–water partition coefficient (Wildman–Crippen LogP) is 3.24. The molecule has 0 aliphatic carbocycles. The number of hydrogen-bond donors (Lipinski definition) is 2. The van der Waals surface area contributed by atoms with Crippen molar-refractivity contribution in [2.45, 2.75) is 45.8 Å². The van der Waals surface area contributed by atoms with Gasteiger partial charge in [-0.3, -0.25) is 0 Å². The molecule has 0 bridgehead atoms. The Bertz CT molecular complexity index is 843. The number of anilines is 2. The number of nitrogens with zero attached hydrogens (tertiary/aromatic N) is 4. The highest BCUT2D eigenvalue weighted by Crippen LogP contribution is 2.23. The van der Waals surface area contributed by atoms with Crippen LogP contribution in [0.5, 0.6) is 0 Å². The molecular weight excluding hydrogens is 387 g/mol. The van der Waals surface area contributed by atoms with Gasteiger partial charge in [0.15, 0.2) is 0 Å². The molecule has 0 unspecified atom stereocenters. The summed E-state index contributed by atoms with van der Waals surface area (Å²) in [6.07, 6.45) is -1.54. The lowest BCUT2D eigenvalue weighted by Crippen LogP contribution is -2.27. The van der Waals surface area contributed by atoms with Crippen molar-refractivity contribution in [3.05, 3.63) is 41.5 Å². The van der Waals surface area contributed by atoms with Crippen LogP contribution < -0.4 is 10.2 Å². The van der Waals surface area contributed by atoms with E-state index < -0.39 is 12.1 Å². The zero-order valence-electron chi connectivity index (χ0n) is 16.5. The Balaban J connectivity index is 0.000000370. The monoisotopic (exact) mass is 411 g/mol. The number of nitrogens with one attached hydrogen (secondary N) is 1. The molecule has 1 aliphatic heterocycles. The maximum atomic E-state index is 10.6. The second kappa shape index (κ2) is 9.53. The number of alkyl halides is 3. The largest absolute Gasteiger partial charge is 0.490 e. The summed E-state index contributed by atoms with van der Waals surface area (Å²) in [6.45, 7) is 8.19. The quantitative estimate of drug-likeness (QED) is 0.801. The fraction of sp³-hybridized carbons (Fsp3) is 0.474. The highest BCUT2D eigenvalue weighted by molar-refractivity contribution is 5.73. The van der Waals surface area contributed by atoms with Gasteiger partial charge in [-0.25, -0.2) is 19.7 Å². The first kappa shape index (κ1) is 22.4. The summed E-state index contributed by atoms with van der Waals surface area (Å²) in [6, 6.07) is 6.56. The molecule has 3 heterocycles. The van der Waals surface area contributed by atoms with E-state index in [2.05, 4.69) is 51.1 Å².